The molecular formula is C16H19N3O. The number of nitrogens with two attached hydrogens (primary N) is 1. The van der Waals surface area contributed by atoms with Crippen molar-refractivity contribution in [3.8, 4) is 0 Å². The molecule has 0 fully saturated rings. The summed E-state index contributed by atoms with van der Waals surface area (Å²) >= 11 is 0. The quantitative estimate of drug-likeness (QED) is 0.779. The van der Waals surface area contributed by atoms with Crippen molar-refractivity contribution in [3.05, 3.63) is 59.7 Å². The van der Waals surface area contributed by atoms with Gasteiger partial charge in [-0.3, -0.25) is 0 Å². The zero-order valence-electron chi connectivity index (χ0n) is 11.5. The molecule has 2 amide bonds. The van der Waals surface area contributed by atoms with Gasteiger partial charge < -0.3 is 16.4 Å². The normalized spacial score (nSPS) is 10.1. The van der Waals surface area contributed by atoms with E-state index in [1.165, 1.54) is 11.1 Å². The van der Waals surface area contributed by atoms with Crippen LogP contribution in [0.3, 0.4) is 0 Å². The third-order valence-electron chi connectivity index (χ3n) is 3.13. The Morgan fingerprint density at radius 2 is 1.60 bits per heavy atom. The van der Waals surface area contributed by atoms with Crippen molar-refractivity contribution in [1.29, 1.82) is 0 Å². The highest BCUT2D eigenvalue weighted by atomic mass is 16.2. The van der Waals surface area contributed by atoms with Gasteiger partial charge in [0.05, 0.1) is 0 Å². The van der Waals surface area contributed by atoms with E-state index in [0.29, 0.717) is 5.69 Å². The number of primary amides is 1. The number of carbonyl (C=O) groups excluding carboxylic acids is 1. The second-order valence-corrected chi connectivity index (χ2v) is 4.54. The van der Waals surface area contributed by atoms with Gasteiger partial charge in [-0.25, -0.2) is 4.79 Å². The maximum absolute atomic E-state index is 10.7. The molecule has 0 heterocycles. The standard InChI is InChI=1S/C16H19N3O/c1-2-12-5-3-4-6-13(12)11-18-14-7-9-15(10-8-14)19-16(17)20/h3-10,18H,2,11H2,1H3,(H3,17,19,20). The van der Waals surface area contributed by atoms with E-state index in [0.717, 1.165) is 18.7 Å². The summed E-state index contributed by atoms with van der Waals surface area (Å²) in [6, 6.07) is 15.3. The number of hydrogen-bond acceptors (Lipinski definition) is 2. The third-order valence-corrected chi connectivity index (χ3v) is 3.13. The summed E-state index contributed by atoms with van der Waals surface area (Å²) in [5.74, 6) is 0. The molecule has 20 heavy (non-hydrogen) atoms. The van der Waals surface area contributed by atoms with Gasteiger partial charge in [0.2, 0.25) is 0 Å². The van der Waals surface area contributed by atoms with Gasteiger partial charge >= 0.3 is 6.03 Å². The van der Waals surface area contributed by atoms with Crippen LogP contribution >= 0.6 is 0 Å². The smallest absolute Gasteiger partial charge is 0.316 e. The van der Waals surface area contributed by atoms with Crippen LogP contribution in [0.4, 0.5) is 16.2 Å². The van der Waals surface area contributed by atoms with Crippen molar-refractivity contribution in [1.82, 2.24) is 0 Å². The maximum Gasteiger partial charge on any atom is 0.316 e. The minimum atomic E-state index is -0.553. The lowest BCUT2D eigenvalue weighted by atomic mass is 10.1. The fraction of sp³-hybridized carbons (Fsp3) is 0.188. The molecule has 2 aromatic rings. The number of rotatable bonds is 5. The average Bonchev–Trinajstić information content (AvgIpc) is 2.46. The van der Waals surface area contributed by atoms with Crippen LogP contribution in [0.25, 0.3) is 0 Å². The molecule has 0 aromatic heterocycles. The number of amides is 2. The summed E-state index contributed by atoms with van der Waals surface area (Å²) in [4.78, 5) is 10.7. The number of anilines is 2. The second-order valence-electron chi connectivity index (χ2n) is 4.54. The van der Waals surface area contributed by atoms with Gasteiger partial charge in [0, 0.05) is 17.9 Å². The number of urea groups is 1. The molecule has 4 N–H and O–H groups in total. The van der Waals surface area contributed by atoms with Crippen LogP contribution in [0.2, 0.25) is 0 Å². The summed E-state index contributed by atoms with van der Waals surface area (Å²) in [5, 5.41) is 5.91. The fourth-order valence-electron chi connectivity index (χ4n) is 2.09. The highest BCUT2D eigenvalue weighted by Crippen LogP contribution is 2.16. The molecule has 4 heteroatoms. The monoisotopic (exact) mass is 269 g/mol. The second kappa shape index (κ2) is 6.61. The average molecular weight is 269 g/mol. The van der Waals surface area contributed by atoms with E-state index in [1.807, 2.05) is 24.3 Å². The molecule has 0 saturated carbocycles. The number of benzene rings is 2. The van der Waals surface area contributed by atoms with Crippen LogP contribution in [-0.4, -0.2) is 6.03 Å². The Morgan fingerprint density at radius 3 is 2.20 bits per heavy atom. The van der Waals surface area contributed by atoms with Crippen LogP contribution in [0.1, 0.15) is 18.1 Å². The Balaban J connectivity index is 1.98. The van der Waals surface area contributed by atoms with Crippen molar-refractivity contribution in [2.24, 2.45) is 5.73 Å². The molecule has 0 spiro atoms. The number of aryl methyl sites for hydroxylation is 1. The van der Waals surface area contributed by atoms with Gasteiger partial charge in [0.25, 0.3) is 0 Å². The first kappa shape index (κ1) is 13.9. The van der Waals surface area contributed by atoms with Gasteiger partial charge in [0.15, 0.2) is 0 Å². The summed E-state index contributed by atoms with van der Waals surface area (Å²) in [6.45, 7) is 2.94. The molecule has 104 valence electrons. The van der Waals surface area contributed by atoms with E-state index in [1.54, 1.807) is 0 Å². The van der Waals surface area contributed by atoms with Crippen molar-refractivity contribution in [2.75, 3.05) is 10.6 Å². The summed E-state index contributed by atoms with van der Waals surface area (Å²) in [7, 11) is 0. The van der Waals surface area contributed by atoms with Gasteiger partial charge in [-0.1, -0.05) is 31.2 Å². The molecule has 2 aromatic carbocycles. The summed E-state index contributed by atoms with van der Waals surface area (Å²) in [5.41, 5.74) is 9.41. The molecule has 0 aliphatic carbocycles. The SMILES string of the molecule is CCc1ccccc1CNc1ccc(NC(N)=O)cc1. The minimum absolute atomic E-state index is 0.553. The highest BCUT2D eigenvalue weighted by Gasteiger charge is 2.00. The number of nitrogens with one attached hydrogen (secondary N) is 2. The van der Waals surface area contributed by atoms with Crippen molar-refractivity contribution < 1.29 is 4.79 Å². The minimum Gasteiger partial charge on any atom is -0.381 e. The first-order valence-corrected chi connectivity index (χ1v) is 6.66. The lowest BCUT2D eigenvalue weighted by molar-refractivity contribution is 0.259. The van der Waals surface area contributed by atoms with Gasteiger partial charge in [0.1, 0.15) is 0 Å². The van der Waals surface area contributed by atoms with Crippen molar-refractivity contribution in [3.63, 3.8) is 0 Å². The largest absolute Gasteiger partial charge is 0.381 e. The molecule has 0 unspecified atom stereocenters. The molecule has 0 saturated heterocycles. The van der Waals surface area contributed by atoms with E-state index in [4.69, 9.17) is 5.73 Å². The topological polar surface area (TPSA) is 67.2 Å². The number of hydrogen-bond donors (Lipinski definition) is 3. The Bertz CT molecular complexity index is 579. The Hall–Kier alpha value is -2.49. The molecule has 0 atom stereocenters. The Labute approximate surface area is 119 Å². The summed E-state index contributed by atoms with van der Waals surface area (Å²) < 4.78 is 0. The van der Waals surface area contributed by atoms with E-state index >= 15 is 0 Å². The molecule has 0 radical (unpaired) electrons. The van der Waals surface area contributed by atoms with E-state index in [-0.39, 0.29) is 0 Å². The van der Waals surface area contributed by atoms with Crippen molar-refractivity contribution in [2.45, 2.75) is 19.9 Å². The summed E-state index contributed by atoms with van der Waals surface area (Å²) in [6.07, 6.45) is 1.03. The Morgan fingerprint density at radius 1 is 1.00 bits per heavy atom. The van der Waals surface area contributed by atoms with Gasteiger partial charge in [-0.05, 0) is 41.8 Å². The van der Waals surface area contributed by atoms with Gasteiger partial charge in [-0.15, -0.1) is 0 Å². The molecule has 0 aliphatic heterocycles. The van der Waals surface area contributed by atoms with E-state index in [9.17, 15) is 4.79 Å². The zero-order valence-corrected chi connectivity index (χ0v) is 11.5. The van der Waals surface area contributed by atoms with Gasteiger partial charge in [-0.2, -0.15) is 0 Å². The zero-order chi connectivity index (χ0) is 14.4. The van der Waals surface area contributed by atoms with Crippen LogP contribution in [0.5, 0.6) is 0 Å². The highest BCUT2D eigenvalue weighted by molar-refractivity contribution is 5.87. The van der Waals surface area contributed by atoms with Crippen molar-refractivity contribution >= 4 is 17.4 Å². The molecular weight excluding hydrogens is 250 g/mol. The van der Waals surface area contributed by atoms with E-state index in [2.05, 4.69) is 41.8 Å². The van der Waals surface area contributed by atoms with E-state index < -0.39 is 6.03 Å². The predicted molar refractivity (Wildman–Crippen MR) is 82.8 cm³/mol. The molecule has 0 bridgehead atoms. The number of carbonyl (C=O) groups is 1. The first-order chi connectivity index (χ1) is 9.69. The predicted octanol–water partition coefficient (Wildman–Crippen LogP) is 3.35. The Kier molecular flexibility index (Phi) is 4.60. The lowest BCUT2D eigenvalue weighted by Gasteiger charge is -2.11. The lowest BCUT2D eigenvalue weighted by Crippen LogP contribution is -2.19. The van der Waals surface area contributed by atoms with Crippen LogP contribution in [0, 0.1) is 0 Å². The first-order valence-electron chi connectivity index (χ1n) is 6.66. The van der Waals surface area contributed by atoms with Crippen LogP contribution in [-0.2, 0) is 13.0 Å². The molecule has 2 rings (SSSR count). The maximum atomic E-state index is 10.7. The van der Waals surface area contributed by atoms with Crippen LogP contribution in [0.15, 0.2) is 48.5 Å². The fourth-order valence-corrected chi connectivity index (χ4v) is 2.09. The molecule has 0 aliphatic rings. The van der Waals surface area contributed by atoms with Crippen LogP contribution < -0.4 is 16.4 Å². The molecule has 4 nitrogen and oxygen atoms in total. The third kappa shape index (κ3) is 3.75.